The zero-order valence-corrected chi connectivity index (χ0v) is 11.4. The van der Waals surface area contributed by atoms with Gasteiger partial charge in [0.2, 0.25) is 0 Å². The largest absolute Gasteiger partial charge is 0.508 e. The third-order valence-corrected chi connectivity index (χ3v) is 2.79. The van der Waals surface area contributed by atoms with Crippen molar-refractivity contribution in [1.29, 1.82) is 0 Å². The van der Waals surface area contributed by atoms with Crippen molar-refractivity contribution in [2.75, 3.05) is 5.73 Å². The highest BCUT2D eigenvalue weighted by molar-refractivity contribution is 6.01. The first-order valence-corrected chi connectivity index (χ1v) is 6.19. The Kier molecular flexibility index (Phi) is 4.08. The summed E-state index contributed by atoms with van der Waals surface area (Å²) in [5.41, 5.74) is 10.1. The molecule has 2 aromatic carbocycles. The highest BCUT2D eigenvalue weighted by Gasteiger charge is 2.08. The summed E-state index contributed by atoms with van der Waals surface area (Å²) < 4.78 is 0. The molecule has 0 aromatic heterocycles. The number of rotatable bonds is 3. The summed E-state index contributed by atoms with van der Waals surface area (Å²) in [5, 5.41) is 22.6. The zero-order chi connectivity index (χ0) is 15.4. The van der Waals surface area contributed by atoms with Gasteiger partial charge in [0, 0.05) is 17.3 Å². The molecule has 0 fully saturated rings. The number of anilines is 1. The predicted octanol–water partition coefficient (Wildman–Crippen LogP) is 1.83. The second-order valence-corrected chi connectivity index (χ2v) is 4.50. The zero-order valence-electron chi connectivity index (χ0n) is 11.4. The van der Waals surface area contributed by atoms with Crippen LogP contribution in [0.25, 0.3) is 0 Å². The minimum atomic E-state index is -0.538. The summed E-state index contributed by atoms with van der Waals surface area (Å²) in [6.45, 7) is 1.73. The predicted molar refractivity (Wildman–Crippen MR) is 80.3 cm³/mol. The van der Waals surface area contributed by atoms with Gasteiger partial charge in [-0.05, 0) is 36.8 Å². The van der Waals surface area contributed by atoms with Gasteiger partial charge >= 0.3 is 0 Å². The highest BCUT2D eigenvalue weighted by atomic mass is 16.3. The molecule has 0 bridgehead atoms. The van der Waals surface area contributed by atoms with E-state index in [1.807, 2.05) is 6.07 Å². The van der Waals surface area contributed by atoms with Gasteiger partial charge in [-0.25, -0.2) is 5.43 Å². The van der Waals surface area contributed by atoms with Gasteiger partial charge in [-0.2, -0.15) is 5.10 Å². The minimum Gasteiger partial charge on any atom is -0.508 e. The van der Waals surface area contributed by atoms with Crippen LogP contribution in [0.1, 0.15) is 22.8 Å². The number of benzene rings is 2. The maximum absolute atomic E-state index is 11.9. The summed E-state index contributed by atoms with van der Waals surface area (Å²) in [6, 6.07) is 10.7. The molecule has 2 rings (SSSR count). The first kappa shape index (κ1) is 14.4. The molecule has 108 valence electrons. The number of amides is 1. The Labute approximate surface area is 121 Å². The summed E-state index contributed by atoms with van der Waals surface area (Å²) >= 11 is 0. The van der Waals surface area contributed by atoms with E-state index in [0.717, 1.165) is 11.6 Å². The fourth-order valence-corrected chi connectivity index (χ4v) is 1.75. The van der Waals surface area contributed by atoms with E-state index >= 15 is 0 Å². The lowest BCUT2D eigenvalue weighted by molar-refractivity contribution is 0.0954. The van der Waals surface area contributed by atoms with Crippen molar-refractivity contribution >= 4 is 17.3 Å². The Morgan fingerprint density at radius 1 is 1.10 bits per heavy atom. The van der Waals surface area contributed by atoms with Crippen LogP contribution in [-0.2, 0) is 0 Å². The molecule has 6 nitrogen and oxygen atoms in total. The topological polar surface area (TPSA) is 108 Å². The van der Waals surface area contributed by atoms with Crippen molar-refractivity contribution in [1.82, 2.24) is 5.43 Å². The summed E-state index contributed by atoms with van der Waals surface area (Å²) in [5.74, 6) is -0.933. The van der Waals surface area contributed by atoms with E-state index in [4.69, 9.17) is 5.73 Å². The number of phenolic OH excluding ortho intramolecular Hbond substituents is 2. The molecule has 0 aliphatic carbocycles. The molecule has 0 heterocycles. The number of nitrogens with two attached hydrogens (primary N) is 1. The van der Waals surface area contributed by atoms with Gasteiger partial charge in [0.05, 0.1) is 5.71 Å². The molecule has 6 heteroatoms. The molecule has 0 aliphatic rings. The third-order valence-electron chi connectivity index (χ3n) is 2.79. The third kappa shape index (κ3) is 3.73. The van der Waals surface area contributed by atoms with E-state index in [2.05, 4.69) is 10.5 Å². The van der Waals surface area contributed by atoms with E-state index < -0.39 is 5.91 Å². The van der Waals surface area contributed by atoms with Crippen LogP contribution in [0.3, 0.4) is 0 Å². The van der Waals surface area contributed by atoms with Gasteiger partial charge in [0.25, 0.3) is 5.91 Å². The average molecular weight is 285 g/mol. The molecule has 0 radical (unpaired) electrons. The van der Waals surface area contributed by atoms with Crippen LogP contribution in [0.15, 0.2) is 47.6 Å². The number of hydrogen-bond acceptors (Lipinski definition) is 5. The molecule has 0 aliphatic heterocycles. The van der Waals surface area contributed by atoms with Crippen LogP contribution in [0.2, 0.25) is 0 Å². The summed E-state index contributed by atoms with van der Waals surface area (Å²) in [7, 11) is 0. The number of carbonyl (C=O) groups is 1. The van der Waals surface area contributed by atoms with Gasteiger partial charge in [-0.3, -0.25) is 4.79 Å². The van der Waals surface area contributed by atoms with E-state index in [1.54, 1.807) is 25.1 Å². The SMILES string of the molecule is C/C(=N/NC(=O)c1cc(O)cc(O)c1)c1cccc(N)c1. The van der Waals surface area contributed by atoms with Crippen LogP contribution in [0.5, 0.6) is 11.5 Å². The van der Waals surface area contributed by atoms with Crippen molar-refractivity contribution in [3.05, 3.63) is 53.6 Å². The second-order valence-electron chi connectivity index (χ2n) is 4.50. The molecule has 1 amide bonds. The molecule has 0 unspecified atom stereocenters. The number of hydrazone groups is 1. The van der Waals surface area contributed by atoms with Crippen molar-refractivity contribution in [2.45, 2.75) is 6.92 Å². The normalized spacial score (nSPS) is 11.2. The first-order valence-electron chi connectivity index (χ1n) is 6.19. The standard InChI is InChI=1S/C15H15N3O3/c1-9(10-3-2-4-12(16)5-10)17-18-15(21)11-6-13(19)8-14(20)7-11/h2-8,19-20H,16H2,1H3,(H,18,21)/b17-9-. The maximum Gasteiger partial charge on any atom is 0.271 e. The summed E-state index contributed by atoms with van der Waals surface area (Å²) in [4.78, 5) is 11.9. The van der Waals surface area contributed by atoms with Gasteiger partial charge in [-0.1, -0.05) is 12.1 Å². The number of aromatic hydroxyl groups is 2. The number of nitrogens with zero attached hydrogens (tertiary/aromatic N) is 1. The Hall–Kier alpha value is -3.02. The van der Waals surface area contributed by atoms with Gasteiger partial charge in [0.15, 0.2) is 0 Å². The van der Waals surface area contributed by atoms with Crippen LogP contribution in [-0.4, -0.2) is 21.8 Å². The fourth-order valence-electron chi connectivity index (χ4n) is 1.75. The quantitative estimate of drug-likeness (QED) is 0.392. The van der Waals surface area contributed by atoms with Gasteiger partial charge in [0.1, 0.15) is 11.5 Å². The lowest BCUT2D eigenvalue weighted by Gasteiger charge is -2.05. The van der Waals surface area contributed by atoms with Crippen molar-refractivity contribution in [3.63, 3.8) is 0 Å². The van der Waals surface area contributed by atoms with Gasteiger partial charge < -0.3 is 15.9 Å². The average Bonchev–Trinajstić information content (AvgIpc) is 2.43. The fraction of sp³-hybridized carbons (Fsp3) is 0.0667. The molecule has 0 atom stereocenters. The molecule has 0 saturated carbocycles. The van der Waals surface area contributed by atoms with Crippen molar-refractivity contribution in [2.24, 2.45) is 5.10 Å². The number of nitrogen functional groups attached to an aromatic ring is 1. The van der Waals surface area contributed by atoms with Crippen molar-refractivity contribution in [3.8, 4) is 11.5 Å². The minimum absolute atomic E-state index is 0.108. The number of nitrogens with one attached hydrogen (secondary N) is 1. The molecule has 21 heavy (non-hydrogen) atoms. The van der Waals surface area contributed by atoms with E-state index in [9.17, 15) is 15.0 Å². The van der Waals surface area contributed by atoms with Gasteiger partial charge in [-0.15, -0.1) is 0 Å². The number of carbonyl (C=O) groups excluding carboxylic acids is 1. The molecule has 2 aromatic rings. The highest BCUT2D eigenvalue weighted by Crippen LogP contribution is 2.20. The Balaban J connectivity index is 2.14. The lowest BCUT2D eigenvalue weighted by Crippen LogP contribution is -2.19. The van der Waals surface area contributed by atoms with Crippen LogP contribution in [0.4, 0.5) is 5.69 Å². The second kappa shape index (κ2) is 5.96. The molecular weight excluding hydrogens is 270 g/mol. The molecule has 5 N–H and O–H groups in total. The number of phenols is 2. The summed E-state index contributed by atoms with van der Waals surface area (Å²) in [6.07, 6.45) is 0. The first-order chi connectivity index (χ1) is 9.95. The molecular formula is C15H15N3O3. The van der Waals surface area contributed by atoms with Crippen LogP contribution < -0.4 is 11.2 Å². The Morgan fingerprint density at radius 2 is 1.76 bits per heavy atom. The monoisotopic (exact) mass is 285 g/mol. The smallest absolute Gasteiger partial charge is 0.271 e. The Morgan fingerprint density at radius 3 is 2.38 bits per heavy atom. The van der Waals surface area contributed by atoms with E-state index in [-0.39, 0.29) is 17.1 Å². The molecule has 0 saturated heterocycles. The van der Waals surface area contributed by atoms with Crippen LogP contribution >= 0.6 is 0 Å². The van der Waals surface area contributed by atoms with E-state index in [1.165, 1.54) is 12.1 Å². The molecule has 0 spiro atoms. The maximum atomic E-state index is 11.9. The van der Waals surface area contributed by atoms with Crippen molar-refractivity contribution < 1.29 is 15.0 Å². The van der Waals surface area contributed by atoms with Crippen LogP contribution in [0, 0.1) is 0 Å². The number of hydrogen-bond donors (Lipinski definition) is 4. The van der Waals surface area contributed by atoms with E-state index in [0.29, 0.717) is 11.4 Å². The Bertz CT molecular complexity index is 691. The lowest BCUT2D eigenvalue weighted by atomic mass is 10.1.